The number of carbonyl (C=O) groups excluding carboxylic acids is 1. The topological polar surface area (TPSA) is 110 Å². The largest absolute Gasteiger partial charge is 0.379 e. The average molecular weight is 457 g/mol. The number of aromatic nitrogens is 5. The van der Waals surface area contributed by atoms with Crippen LogP contribution < -0.4 is 15.5 Å². The van der Waals surface area contributed by atoms with Crippen molar-refractivity contribution in [3.63, 3.8) is 0 Å². The Hall–Kier alpha value is -3.24. The molecule has 2 atom stereocenters. The molecule has 1 aliphatic heterocycles. The number of nitrogens with zero attached hydrogens (tertiary/aromatic N) is 6. The van der Waals surface area contributed by atoms with Crippen LogP contribution >= 0.6 is 11.6 Å². The van der Waals surface area contributed by atoms with E-state index in [0.29, 0.717) is 41.4 Å². The molecule has 2 unspecified atom stereocenters. The SMILES string of the molecule is COC(C)C1C(=O)Nc2c(C)nc(NCc3cnn(Cc4ccnc(Cl)c4)c3)nc2N1C. The van der Waals surface area contributed by atoms with Crippen molar-refractivity contribution in [2.24, 2.45) is 0 Å². The third-order valence-corrected chi connectivity index (χ3v) is 5.64. The van der Waals surface area contributed by atoms with Gasteiger partial charge in [-0.25, -0.2) is 9.97 Å². The summed E-state index contributed by atoms with van der Waals surface area (Å²) in [5.41, 5.74) is 3.31. The molecule has 168 valence electrons. The molecule has 1 amide bonds. The van der Waals surface area contributed by atoms with Crippen LogP contribution in [0.25, 0.3) is 0 Å². The van der Waals surface area contributed by atoms with Crippen LogP contribution in [0.4, 0.5) is 17.5 Å². The number of rotatable bonds is 7. The summed E-state index contributed by atoms with van der Waals surface area (Å²) in [6, 6.07) is 3.25. The number of likely N-dealkylation sites (N-methyl/N-ethyl adjacent to an activating group) is 1. The van der Waals surface area contributed by atoms with Gasteiger partial charge in [0, 0.05) is 38.7 Å². The summed E-state index contributed by atoms with van der Waals surface area (Å²) in [7, 11) is 3.42. The lowest BCUT2D eigenvalue weighted by Crippen LogP contribution is -2.53. The van der Waals surface area contributed by atoms with Crippen LogP contribution in [0.5, 0.6) is 0 Å². The second-order valence-electron chi connectivity index (χ2n) is 7.70. The summed E-state index contributed by atoms with van der Waals surface area (Å²) < 4.78 is 7.22. The van der Waals surface area contributed by atoms with Gasteiger partial charge in [-0.2, -0.15) is 10.1 Å². The van der Waals surface area contributed by atoms with Crippen molar-refractivity contribution in [3.05, 3.63) is 52.7 Å². The molecule has 1 aliphatic rings. The summed E-state index contributed by atoms with van der Waals surface area (Å²) in [6.07, 6.45) is 5.14. The third kappa shape index (κ3) is 4.51. The maximum absolute atomic E-state index is 12.5. The van der Waals surface area contributed by atoms with Crippen LogP contribution in [0.3, 0.4) is 0 Å². The molecule has 10 nitrogen and oxygen atoms in total. The molecule has 0 spiro atoms. The number of ether oxygens (including phenoxy) is 1. The van der Waals surface area contributed by atoms with E-state index in [1.54, 1.807) is 19.5 Å². The molecule has 0 radical (unpaired) electrons. The van der Waals surface area contributed by atoms with Gasteiger partial charge in [0.05, 0.1) is 24.5 Å². The van der Waals surface area contributed by atoms with Crippen LogP contribution in [-0.2, 0) is 22.6 Å². The summed E-state index contributed by atoms with van der Waals surface area (Å²) in [5.74, 6) is 0.991. The van der Waals surface area contributed by atoms with Crippen molar-refractivity contribution in [1.82, 2.24) is 24.7 Å². The van der Waals surface area contributed by atoms with Crippen LogP contribution in [0.2, 0.25) is 5.15 Å². The molecule has 2 N–H and O–H groups in total. The minimum Gasteiger partial charge on any atom is -0.379 e. The number of hydrogen-bond donors (Lipinski definition) is 2. The van der Waals surface area contributed by atoms with E-state index in [1.807, 2.05) is 48.8 Å². The Balaban J connectivity index is 1.47. The quantitative estimate of drug-likeness (QED) is 0.522. The van der Waals surface area contributed by atoms with Gasteiger partial charge in [-0.05, 0) is 31.5 Å². The van der Waals surface area contributed by atoms with E-state index in [1.165, 1.54) is 0 Å². The van der Waals surface area contributed by atoms with E-state index in [0.717, 1.165) is 11.1 Å². The Morgan fingerprint density at radius 1 is 1.34 bits per heavy atom. The van der Waals surface area contributed by atoms with Crippen molar-refractivity contribution in [2.75, 3.05) is 29.7 Å². The summed E-state index contributed by atoms with van der Waals surface area (Å²) >= 11 is 5.95. The number of halogens is 1. The van der Waals surface area contributed by atoms with E-state index >= 15 is 0 Å². The fourth-order valence-corrected chi connectivity index (χ4v) is 3.89. The second-order valence-corrected chi connectivity index (χ2v) is 8.09. The van der Waals surface area contributed by atoms with Gasteiger partial charge in [-0.1, -0.05) is 11.6 Å². The minimum atomic E-state index is -0.477. The van der Waals surface area contributed by atoms with E-state index in [-0.39, 0.29) is 12.0 Å². The number of fused-ring (bicyclic) bond motifs is 1. The lowest BCUT2D eigenvalue weighted by atomic mass is 10.1. The maximum atomic E-state index is 12.5. The molecule has 3 aromatic rings. The summed E-state index contributed by atoms with van der Waals surface area (Å²) in [6.45, 7) is 4.80. The first-order valence-corrected chi connectivity index (χ1v) is 10.5. The van der Waals surface area contributed by atoms with Crippen LogP contribution in [0, 0.1) is 6.92 Å². The molecule has 0 aromatic carbocycles. The summed E-state index contributed by atoms with van der Waals surface area (Å²) in [5, 5.41) is 11.0. The van der Waals surface area contributed by atoms with E-state index in [4.69, 9.17) is 16.3 Å². The van der Waals surface area contributed by atoms with E-state index < -0.39 is 6.04 Å². The number of aryl methyl sites for hydroxylation is 1. The number of amides is 1. The van der Waals surface area contributed by atoms with Gasteiger partial charge in [0.25, 0.3) is 0 Å². The molecule has 32 heavy (non-hydrogen) atoms. The lowest BCUT2D eigenvalue weighted by Gasteiger charge is -2.37. The fourth-order valence-electron chi connectivity index (χ4n) is 3.69. The molecule has 0 fully saturated rings. The number of pyridine rings is 1. The van der Waals surface area contributed by atoms with Crippen molar-refractivity contribution in [1.29, 1.82) is 0 Å². The van der Waals surface area contributed by atoms with Crippen LogP contribution in [-0.4, -0.2) is 56.9 Å². The monoisotopic (exact) mass is 456 g/mol. The van der Waals surface area contributed by atoms with E-state index in [9.17, 15) is 4.79 Å². The molecular formula is C21H25ClN8O2. The Kier molecular flexibility index (Phi) is 6.24. The Bertz CT molecular complexity index is 1130. The number of nitrogens with one attached hydrogen (secondary N) is 2. The summed E-state index contributed by atoms with van der Waals surface area (Å²) in [4.78, 5) is 27.5. The molecule has 4 heterocycles. The highest BCUT2D eigenvalue weighted by Crippen LogP contribution is 2.33. The lowest BCUT2D eigenvalue weighted by molar-refractivity contribution is -0.120. The zero-order valence-corrected chi connectivity index (χ0v) is 19.1. The van der Waals surface area contributed by atoms with E-state index in [2.05, 4.69) is 30.7 Å². The molecule has 0 saturated heterocycles. The van der Waals surface area contributed by atoms with Gasteiger partial charge in [0.2, 0.25) is 11.9 Å². The third-order valence-electron chi connectivity index (χ3n) is 5.43. The predicted octanol–water partition coefficient (Wildman–Crippen LogP) is 2.48. The molecular weight excluding hydrogens is 432 g/mol. The first kappa shape index (κ1) is 22.0. The van der Waals surface area contributed by atoms with Gasteiger partial charge < -0.3 is 20.3 Å². The average Bonchev–Trinajstić information content (AvgIpc) is 3.20. The van der Waals surface area contributed by atoms with Gasteiger partial charge in [0.1, 0.15) is 16.9 Å². The molecule has 11 heteroatoms. The highest BCUT2D eigenvalue weighted by Gasteiger charge is 2.37. The Labute approximate surface area is 191 Å². The Morgan fingerprint density at radius 3 is 2.91 bits per heavy atom. The zero-order chi connectivity index (χ0) is 22.8. The predicted molar refractivity (Wildman–Crippen MR) is 122 cm³/mol. The molecule has 0 saturated carbocycles. The molecule has 4 rings (SSSR count). The van der Waals surface area contributed by atoms with Crippen molar-refractivity contribution >= 4 is 35.0 Å². The second kappa shape index (κ2) is 9.09. The van der Waals surface area contributed by atoms with Gasteiger partial charge in [-0.3, -0.25) is 9.48 Å². The van der Waals surface area contributed by atoms with Crippen LogP contribution in [0.15, 0.2) is 30.7 Å². The van der Waals surface area contributed by atoms with Crippen molar-refractivity contribution in [2.45, 2.75) is 39.1 Å². The number of anilines is 3. The number of methoxy groups -OCH3 is 1. The highest BCUT2D eigenvalue weighted by atomic mass is 35.5. The van der Waals surface area contributed by atoms with Gasteiger partial charge in [-0.15, -0.1) is 0 Å². The number of hydrogen-bond acceptors (Lipinski definition) is 8. The van der Waals surface area contributed by atoms with Crippen LogP contribution in [0.1, 0.15) is 23.7 Å². The maximum Gasteiger partial charge on any atom is 0.249 e. The molecule has 0 bridgehead atoms. The number of carbonyl (C=O) groups is 1. The van der Waals surface area contributed by atoms with Crippen molar-refractivity contribution < 1.29 is 9.53 Å². The first-order chi connectivity index (χ1) is 15.4. The first-order valence-electron chi connectivity index (χ1n) is 10.2. The van der Waals surface area contributed by atoms with Crippen molar-refractivity contribution in [3.8, 4) is 0 Å². The zero-order valence-electron chi connectivity index (χ0n) is 18.3. The molecule has 3 aromatic heterocycles. The van der Waals surface area contributed by atoms with Gasteiger partial charge in [0.15, 0.2) is 5.82 Å². The minimum absolute atomic E-state index is 0.135. The molecule has 0 aliphatic carbocycles. The standard InChI is InChI=1S/C21H25ClN8O2/c1-12-17-19(29(3)18(13(2)32-4)20(31)27-17)28-21(26-12)24-8-15-9-25-30(11-15)10-14-5-6-23-16(22)7-14/h5-7,9,11,13,18H,8,10H2,1-4H3,(H,27,31)(H,24,26,28). The highest BCUT2D eigenvalue weighted by molar-refractivity contribution is 6.29. The Morgan fingerprint density at radius 2 is 2.16 bits per heavy atom. The van der Waals surface area contributed by atoms with Gasteiger partial charge >= 0.3 is 0 Å². The smallest absolute Gasteiger partial charge is 0.249 e. The normalized spacial score (nSPS) is 16.5. The fraction of sp³-hybridized carbons (Fsp3) is 0.381.